The van der Waals surface area contributed by atoms with Gasteiger partial charge >= 0.3 is 17.6 Å². The van der Waals surface area contributed by atoms with Gasteiger partial charge in [-0.25, -0.2) is 9.59 Å². The van der Waals surface area contributed by atoms with Crippen LogP contribution < -0.4 is 23.9 Å². The molecule has 5 rings (SSSR count). The molecule has 2 heterocycles. The van der Waals surface area contributed by atoms with E-state index in [4.69, 9.17) is 28.1 Å². The molecule has 0 aliphatic rings. The summed E-state index contributed by atoms with van der Waals surface area (Å²) in [6, 6.07) is 33.9. The Labute approximate surface area is 260 Å². The van der Waals surface area contributed by atoms with Crippen LogP contribution in [0.1, 0.15) is 29.9 Å². The van der Waals surface area contributed by atoms with Crippen LogP contribution in [0.3, 0.4) is 0 Å². The van der Waals surface area contributed by atoms with Crippen molar-refractivity contribution >= 4 is 28.9 Å². The molecule has 2 aromatic heterocycles. The van der Waals surface area contributed by atoms with Crippen molar-refractivity contribution in [2.45, 2.75) is 13.8 Å². The molecule has 0 bridgehead atoms. The van der Waals surface area contributed by atoms with E-state index >= 15 is 0 Å². The number of hydrogen-bond donors (Lipinski definition) is 2. The Morgan fingerprint density at radius 2 is 1.38 bits per heavy atom. The van der Waals surface area contributed by atoms with Gasteiger partial charge in [-0.3, -0.25) is 5.43 Å². The monoisotopic (exact) mass is 636 g/mol. The van der Waals surface area contributed by atoms with Gasteiger partial charge in [0.15, 0.2) is 5.71 Å². The standard InChI is InChI=1S/C16H16N2O2.C15H14N3O2.ClHO4/c1-2-20-16(19)15(13-9-5-3-6-10-13)18-17-14-11-7-4-8-12-14;1-2-20-15(19)14-13-10-6-7-11-17(13)18(16-14)12-8-4-3-5-9-12;2-1(3,4)5/h3-12,17H,2H2,1H3;3-11H,2H2,1H3;(H,2,3,4,5)/q;+1;/b18-15+;;. The third kappa shape index (κ3) is 11.1. The summed E-state index contributed by atoms with van der Waals surface area (Å²) in [4.78, 5) is 25.6. The minimum absolute atomic E-state index is 0.260. The molecule has 0 saturated carbocycles. The molecule has 234 valence electrons. The van der Waals surface area contributed by atoms with Gasteiger partial charge in [0.05, 0.1) is 38.9 Å². The van der Waals surface area contributed by atoms with Gasteiger partial charge in [-0.1, -0.05) is 72.8 Å². The van der Waals surface area contributed by atoms with Gasteiger partial charge < -0.3 is 9.47 Å². The van der Waals surface area contributed by atoms with Crippen LogP contribution in [-0.4, -0.2) is 45.4 Å². The smallest absolute Gasteiger partial charge is 0.390 e. The summed E-state index contributed by atoms with van der Waals surface area (Å²) in [5.74, 6) is -0.854. The summed E-state index contributed by atoms with van der Waals surface area (Å²) in [5, 5.41) is 8.56. The molecular weight excluding hydrogens is 606 g/mol. The van der Waals surface area contributed by atoms with E-state index < -0.39 is 22.2 Å². The van der Waals surface area contributed by atoms with E-state index in [-0.39, 0.29) is 5.71 Å². The second-order valence-electron chi connectivity index (χ2n) is 8.65. The van der Waals surface area contributed by atoms with Gasteiger partial charge in [0.1, 0.15) is 11.9 Å². The quantitative estimate of drug-likeness (QED) is 0.106. The van der Waals surface area contributed by atoms with Gasteiger partial charge in [0.2, 0.25) is 5.52 Å². The number of benzene rings is 3. The molecular formula is C31H31ClN5O8+. The molecule has 14 heteroatoms. The zero-order valence-corrected chi connectivity index (χ0v) is 25.1. The lowest BCUT2D eigenvalue weighted by Gasteiger charge is -2.07. The number of nitrogens with zero attached hydrogens (tertiary/aromatic N) is 4. The SMILES string of the molecule is CCOC(=O)/C(=N/Nc1ccccc1)c1ccccc1.CCOC(=O)c1nn(-c2ccccc2)[n+]2ccccc12.[O-][Cl+3]([O-])([O-])O. The highest BCUT2D eigenvalue weighted by atomic mass is 35.7. The number of esters is 2. The number of ether oxygens (including phenoxy) is 2. The fraction of sp³-hybridized carbons (Fsp3) is 0.129. The van der Waals surface area contributed by atoms with E-state index in [0.29, 0.717) is 18.9 Å². The van der Waals surface area contributed by atoms with Gasteiger partial charge in [-0.05, 0) is 55.0 Å². The van der Waals surface area contributed by atoms with Crippen LogP contribution in [0.25, 0.3) is 11.2 Å². The maximum atomic E-state index is 12.0. The van der Waals surface area contributed by atoms with Gasteiger partial charge in [-0.2, -0.15) is 19.1 Å². The second-order valence-corrected chi connectivity index (χ2v) is 9.44. The molecule has 13 nitrogen and oxygen atoms in total. The normalized spacial score (nSPS) is 10.9. The summed E-state index contributed by atoms with van der Waals surface area (Å²) in [6.45, 7) is 4.19. The van der Waals surface area contributed by atoms with Gasteiger partial charge in [0, 0.05) is 5.56 Å². The molecule has 0 fully saturated rings. The molecule has 0 aliphatic heterocycles. The fourth-order valence-corrected chi connectivity index (χ4v) is 3.73. The number of nitrogens with one attached hydrogen (secondary N) is 1. The van der Waals surface area contributed by atoms with Gasteiger partial charge in [0.25, 0.3) is 0 Å². The second kappa shape index (κ2) is 17.2. The maximum absolute atomic E-state index is 12.0. The first-order chi connectivity index (χ1) is 21.6. The third-order valence-corrected chi connectivity index (χ3v) is 5.52. The first-order valence-electron chi connectivity index (χ1n) is 13.5. The van der Waals surface area contributed by atoms with E-state index in [1.807, 2.05) is 120 Å². The zero-order chi connectivity index (χ0) is 32.7. The Hall–Kier alpha value is -5.18. The van der Waals surface area contributed by atoms with Crippen LogP contribution >= 0.6 is 0 Å². The number of hydrazone groups is 1. The zero-order valence-electron chi connectivity index (χ0n) is 24.4. The van der Waals surface area contributed by atoms with E-state index in [0.717, 1.165) is 22.5 Å². The molecule has 5 aromatic rings. The van der Waals surface area contributed by atoms with Crippen molar-refractivity contribution in [2.24, 2.45) is 5.10 Å². The lowest BCUT2D eigenvalue weighted by atomic mass is 10.1. The summed E-state index contributed by atoms with van der Waals surface area (Å²) in [6.07, 6.45) is 1.86. The Morgan fingerprint density at radius 3 is 1.96 bits per heavy atom. The number of carbonyl (C=O) groups excluding carboxylic acids is 2. The molecule has 0 spiro atoms. The average molecular weight is 637 g/mol. The topological polar surface area (TPSA) is 188 Å². The van der Waals surface area contributed by atoms with Crippen LogP contribution in [0.4, 0.5) is 5.69 Å². The number of halogens is 1. The maximum Gasteiger partial charge on any atom is 0.390 e. The average Bonchev–Trinajstić information content (AvgIpc) is 3.43. The lowest BCUT2D eigenvalue weighted by Crippen LogP contribution is -2.58. The number of hydrogen-bond acceptors (Lipinski definition) is 11. The molecule has 45 heavy (non-hydrogen) atoms. The Morgan fingerprint density at radius 1 is 0.844 bits per heavy atom. The number of carbonyl (C=O) groups is 2. The highest BCUT2D eigenvalue weighted by molar-refractivity contribution is 6.43. The number of pyridine rings is 1. The highest BCUT2D eigenvalue weighted by Gasteiger charge is 2.27. The largest absolute Gasteiger partial charge is 0.461 e. The summed E-state index contributed by atoms with van der Waals surface area (Å²) in [5.41, 5.74) is 6.57. The predicted molar refractivity (Wildman–Crippen MR) is 155 cm³/mol. The molecule has 0 amide bonds. The molecule has 0 unspecified atom stereocenters. The van der Waals surface area contributed by atoms with Crippen molar-refractivity contribution in [1.82, 2.24) is 9.90 Å². The number of fused-ring (bicyclic) bond motifs is 1. The molecule has 3 aromatic carbocycles. The van der Waals surface area contributed by atoms with Gasteiger partial charge in [-0.15, -0.1) is 4.52 Å². The van der Waals surface area contributed by atoms with Crippen molar-refractivity contribution in [3.8, 4) is 5.69 Å². The van der Waals surface area contributed by atoms with Crippen LogP contribution in [0.15, 0.2) is 120 Å². The number of anilines is 1. The molecule has 2 N–H and O–H groups in total. The summed E-state index contributed by atoms with van der Waals surface area (Å²) >= 11 is 0. The summed E-state index contributed by atoms with van der Waals surface area (Å²) in [7, 11) is -4.69. The van der Waals surface area contributed by atoms with Crippen molar-refractivity contribution < 1.29 is 52.5 Å². The van der Waals surface area contributed by atoms with Crippen molar-refractivity contribution in [3.63, 3.8) is 0 Å². The minimum atomic E-state index is -4.69. The van der Waals surface area contributed by atoms with Crippen LogP contribution in [-0.2, 0) is 14.3 Å². The lowest BCUT2D eigenvalue weighted by molar-refractivity contribution is -1.92. The molecule has 0 saturated heterocycles. The Bertz CT molecular complexity index is 1670. The van der Waals surface area contributed by atoms with Crippen molar-refractivity contribution in [2.75, 3.05) is 18.6 Å². The van der Waals surface area contributed by atoms with Crippen LogP contribution in [0.5, 0.6) is 0 Å². The molecule has 0 aliphatic carbocycles. The number of rotatable bonds is 8. The predicted octanol–water partition coefficient (Wildman–Crippen LogP) is 0.730. The van der Waals surface area contributed by atoms with Crippen molar-refractivity contribution in [3.05, 3.63) is 127 Å². The first-order valence-corrected chi connectivity index (χ1v) is 14.8. The van der Waals surface area contributed by atoms with Crippen molar-refractivity contribution in [1.29, 1.82) is 0 Å². The van der Waals surface area contributed by atoms with Crippen LogP contribution in [0, 0.1) is 10.2 Å². The highest BCUT2D eigenvalue weighted by Crippen LogP contribution is 2.10. The Kier molecular flexibility index (Phi) is 13.1. The van der Waals surface area contributed by atoms with E-state index in [1.54, 1.807) is 18.6 Å². The van der Waals surface area contributed by atoms with Crippen LogP contribution in [0.2, 0.25) is 0 Å². The van der Waals surface area contributed by atoms with E-state index in [9.17, 15) is 9.59 Å². The molecule has 0 radical (unpaired) electrons. The minimum Gasteiger partial charge on any atom is -0.461 e. The van der Waals surface area contributed by atoms with E-state index in [2.05, 4.69) is 15.6 Å². The fourth-order valence-electron chi connectivity index (χ4n) is 3.73. The third-order valence-electron chi connectivity index (χ3n) is 5.52. The number of para-hydroxylation sites is 2. The first kappa shape index (κ1) is 34.3. The summed E-state index contributed by atoms with van der Waals surface area (Å²) < 4.78 is 44.6. The van der Waals surface area contributed by atoms with E-state index in [1.165, 1.54) is 0 Å². The number of aromatic nitrogens is 3. The molecule has 0 atom stereocenters. The Balaban J connectivity index is 0.000000214.